The highest BCUT2D eigenvalue weighted by atomic mass is 16.6. The lowest BCUT2D eigenvalue weighted by molar-refractivity contribution is -0.210. The Hall–Kier alpha value is -1.93. The largest absolute Gasteiger partial charge is 0.461 e. The molecule has 0 bridgehead atoms. The minimum absolute atomic E-state index is 0.0237. The number of ether oxygens (including phenoxy) is 3. The van der Waals surface area contributed by atoms with E-state index < -0.39 is 17.1 Å². The van der Waals surface area contributed by atoms with Crippen LogP contribution in [0.3, 0.4) is 0 Å². The average Bonchev–Trinajstić information content (AvgIpc) is 3.43. The van der Waals surface area contributed by atoms with Crippen LogP contribution in [0.15, 0.2) is 11.6 Å². The zero-order chi connectivity index (χ0) is 29.1. The molecule has 5 rings (SSSR count). The minimum Gasteiger partial charge on any atom is -0.461 e. The SMILES string of the molecule is CC(NCOC(=O)C(C)(C)C)C(=O)OC1CCC2(C)C(CCC3C2CCC2(C)C(C4=CC(=O)OC4)CCC32O)C1. The summed E-state index contributed by atoms with van der Waals surface area (Å²) in [6, 6.07) is -0.562. The van der Waals surface area contributed by atoms with E-state index in [1.807, 2.05) is 0 Å². The molecule has 8 nitrogen and oxygen atoms in total. The van der Waals surface area contributed by atoms with Gasteiger partial charge in [-0.1, -0.05) is 13.8 Å². The van der Waals surface area contributed by atoms with Crippen LogP contribution in [-0.4, -0.2) is 54.1 Å². The van der Waals surface area contributed by atoms with Crippen LogP contribution in [0.1, 0.15) is 99.3 Å². The van der Waals surface area contributed by atoms with Crippen molar-refractivity contribution in [2.45, 2.75) is 117 Å². The van der Waals surface area contributed by atoms with Crippen LogP contribution < -0.4 is 5.32 Å². The predicted molar refractivity (Wildman–Crippen MR) is 149 cm³/mol. The Morgan fingerprint density at radius 2 is 1.85 bits per heavy atom. The number of carbonyl (C=O) groups is 3. The van der Waals surface area contributed by atoms with E-state index in [9.17, 15) is 19.5 Å². The van der Waals surface area contributed by atoms with Crippen molar-refractivity contribution in [1.82, 2.24) is 5.32 Å². The third kappa shape index (κ3) is 4.91. The van der Waals surface area contributed by atoms with Gasteiger partial charge >= 0.3 is 17.9 Å². The standard InChI is InChI=1S/C32H49NO7/c1-19(33-18-39-28(36)29(2,3)4)27(35)40-22-9-12-30(5)21(16-22)7-8-25-24(30)10-13-31(6)23(11-14-32(25,31)37)20-15-26(34)38-17-20/h15,19,21-25,33,37H,7-14,16-18H2,1-6H3. The zero-order valence-electron chi connectivity index (χ0n) is 25.2. The number of aliphatic hydroxyl groups is 1. The Labute approximate surface area is 239 Å². The number of hydrogen-bond donors (Lipinski definition) is 2. The van der Waals surface area contributed by atoms with Gasteiger partial charge in [0.1, 0.15) is 25.5 Å². The number of esters is 3. The minimum atomic E-state index is -0.720. The fourth-order valence-corrected chi connectivity index (χ4v) is 9.28. The van der Waals surface area contributed by atoms with Gasteiger partial charge in [0, 0.05) is 11.5 Å². The Morgan fingerprint density at radius 3 is 2.52 bits per heavy atom. The molecule has 2 N–H and O–H groups in total. The van der Waals surface area contributed by atoms with Gasteiger partial charge in [-0.3, -0.25) is 14.9 Å². The van der Waals surface area contributed by atoms with Crippen molar-refractivity contribution in [2.24, 2.45) is 39.9 Å². The maximum atomic E-state index is 12.8. The maximum absolute atomic E-state index is 12.8. The first-order valence-electron chi connectivity index (χ1n) is 15.4. The normalized spacial score (nSPS) is 41.6. The highest BCUT2D eigenvalue weighted by molar-refractivity contribution is 5.85. The molecule has 0 aromatic heterocycles. The van der Waals surface area contributed by atoms with E-state index in [2.05, 4.69) is 19.2 Å². The lowest BCUT2D eigenvalue weighted by atomic mass is 9.43. The van der Waals surface area contributed by atoms with Crippen molar-refractivity contribution >= 4 is 17.9 Å². The molecule has 0 aromatic carbocycles. The number of nitrogens with one attached hydrogen (secondary N) is 1. The Balaban J connectivity index is 1.19. The number of rotatable bonds is 6. The lowest BCUT2D eigenvalue weighted by Crippen LogP contribution is -2.62. The van der Waals surface area contributed by atoms with E-state index in [0.29, 0.717) is 18.4 Å². The van der Waals surface area contributed by atoms with Gasteiger partial charge in [0.05, 0.1) is 11.0 Å². The van der Waals surface area contributed by atoms with Crippen molar-refractivity contribution in [3.8, 4) is 0 Å². The summed E-state index contributed by atoms with van der Waals surface area (Å²) in [4.78, 5) is 36.6. The Bertz CT molecular complexity index is 1060. The quantitative estimate of drug-likeness (QED) is 0.274. The summed E-state index contributed by atoms with van der Waals surface area (Å²) in [5.41, 5.74) is -0.345. The average molecular weight is 560 g/mol. The summed E-state index contributed by atoms with van der Waals surface area (Å²) in [6.07, 6.45) is 10.0. The first-order chi connectivity index (χ1) is 18.7. The monoisotopic (exact) mass is 559 g/mol. The lowest BCUT2D eigenvalue weighted by Gasteiger charge is -2.63. The molecule has 4 saturated carbocycles. The van der Waals surface area contributed by atoms with Crippen molar-refractivity contribution in [3.05, 3.63) is 11.6 Å². The van der Waals surface area contributed by atoms with E-state index in [1.54, 1.807) is 33.8 Å². The Kier molecular flexibility index (Phi) is 7.69. The molecule has 0 saturated heterocycles. The second kappa shape index (κ2) is 10.4. The molecule has 40 heavy (non-hydrogen) atoms. The smallest absolute Gasteiger partial charge is 0.331 e. The highest BCUT2D eigenvalue weighted by Crippen LogP contribution is 2.70. The van der Waals surface area contributed by atoms with Gasteiger partial charge in [0.25, 0.3) is 0 Å². The topological polar surface area (TPSA) is 111 Å². The molecular formula is C32H49NO7. The van der Waals surface area contributed by atoms with Crippen molar-refractivity contribution in [1.29, 1.82) is 0 Å². The van der Waals surface area contributed by atoms with Crippen molar-refractivity contribution in [2.75, 3.05) is 13.3 Å². The summed E-state index contributed by atoms with van der Waals surface area (Å²) >= 11 is 0. The number of cyclic esters (lactones) is 1. The molecule has 8 heteroatoms. The molecule has 1 aliphatic heterocycles. The molecule has 224 valence electrons. The van der Waals surface area contributed by atoms with E-state index in [0.717, 1.165) is 63.4 Å². The summed E-state index contributed by atoms with van der Waals surface area (Å²) in [7, 11) is 0. The highest BCUT2D eigenvalue weighted by Gasteiger charge is 2.67. The summed E-state index contributed by atoms with van der Waals surface area (Å²) in [5.74, 6) is 0.509. The van der Waals surface area contributed by atoms with Gasteiger partial charge in [-0.2, -0.15) is 0 Å². The van der Waals surface area contributed by atoms with E-state index in [-0.39, 0.29) is 53.4 Å². The van der Waals surface area contributed by atoms with Crippen molar-refractivity contribution in [3.63, 3.8) is 0 Å². The van der Waals surface area contributed by atoms with Gasteiger partial charge < -0.3 is 19.3 Å². The van der Waals surface area contributed by atoms with Crippen LogP contribution >= 0.6 is 0 Å². The van der Waals surface area contributed by atoms with Crippen LogP contribution in [0.5, 0.6) is 0 Å². The molecule has 1 heterocycles. The van der Waals surface area contributed by atoms with E-state index in [4.69, 9.17) is 14.2 Å². The summed E-state index contributed by atoms with van der Waals surface area (Å²) < 4.78 is 16.4. The van der Waals surface area contributed by atoms with E-state index in [1.165, 1.54) is 0 Å². The first kappa shape index (κ1) is 29.6. The van der Waals surface area contributed by atoms with E-state index >= 15 is 0 Å². The Morgan fingerprint density at radius 1 is 1.10 bits per heavy atom. The molecule has 9 unspecified atom stereocenters. The fourth-order valence-electron chi connectivity index (χ4n) is 9.28. The molecule has 0 radical (unpaired) electrons. The molecule has 5 aliphatic rings. The summed E-state index contributed by atoms with van der Waals surface area (Å²) in [6.45, 7) is 12.1. The molecule has 4 aliphatic carbocycles. The first-order valence-corrected chi connectivity index (χ1v) is 15.4. The van der Waals surface area contributed by atoms with Gasteiger partial charge in [-0.25, -0.2) is 4.79 Å². The maximum Gasteiger partial charge on any atom is 0.331 e. The summed E-state index contributed by atoms with van der Waals surface area (Å²) in [5, 5.41) is 15.3. The molecule has 0 aromatic rings. The van der Waals surface area contributed by atoms with Gasteiger partial charge in [0.15, 0.2) is 0 Å². The third-order valence-corrected chi connectivity index (χ3v) is 11.8. The molecule has 0 spiro atoms. The van der Waals surface area contributed by atoms with Gasteiger partial charge in [0.2, 0.25) is 0 Å². The molecular weight excluding hydrogens is 510 g/mol. The number of fused-ring (bicyclic) bond motifs is 5. The van der Waals surface area contributed by atoms with Crippen LogP contribution in [0, 0.1) is 39.9 Å². The molecule has 0 amide bonds. The van der Waals surface area contributed by atoms with Crippen LogP contribution in [0.4, 0.5) is 0 Å². The van der Waals surface area contributed by atoms with Crippen LogP contribution in [0.25, 0.3) is 0 Å². The molecule has 9 atom stereocenters. The van der Waals surface area contributed by atoms with Gasteiger partial charge in [-0.05, 0) is 120 Å². The van der Waals surface area contributed by atoms with Gasteiger partial charge in [-0.15, -0.1) is 0 Å². The predicted octanol–water partition coefficient (Wildman–Crippen LogP) is 4.68. The van der Waals surface area contributed by atoms with Crippen molar-refractivity contribution < 1.29 is 33.7 Å². The molecule has 4 fully saturated rings. The number of hydrogen-bond acceptors (Lipinski definition) is 8. The van der Waals surface area contributed by atoms with Crippen LogP contribution in [0.2, 0.25) is 0 Å². The fraction of sp³-hybridized carbons (Fsp3) is 0.844. The second-order valence-corrected chi connectivity index (χ2v) is 14.9. The zero-order valence-corrected chi connectivity index (χ0v) is 25.2. The second-order valence-electron chi connectivity index (χ2n) is 14.9. The third-order valence-electron chi connectivity index (χ3n) is 11.8. The van der Waals surface area contributed by atoms with Crippen LogP contribution in [-0.2, 0) is 28.6 Å². The number of carbonyl (C=O) groups excluding carboxylic acids is 3.